The van der Waals surface area contributed by atoms with E-state index in [1.165, 1.54) is 6.42 Å². The second-order valence-electron chi connectivity index (χ2n) is 5.57. The van der Waals surface area contributed by atoms with Crippen molar-refractivity contribution in [3.05, 3.63) is 28.2 Å². The molecule has 2 rings (SSSR count). The Labute approximate surface area is 138 Å². The highest BCUT2D eigenvalue weighted by molar-refractivity contribution is 9.10. The molecule has 2 N–H and O–H groups in total. The van der Waals surface area contributed by atoms with E-state index in [0.717, 1.165) is 35.7 Å². The maximum absolute atomic E-state index is 11.9. The number of carbonyl (C=O) groups excluding carboxylic acids is 2. The van der Waals surface area contributed by atoms with Crippen molar-refractivity contribution in [2.75, 3.05) is 6.61 Å². The summed E-state index contributed by atoms with van der Waals surface area (Å²) in [6.45, 7) is 1.81. The number of hydrogen-bond donors (Lipinski definition) is 2. The van der Waals surface area contributed by atoms with Crippen LogP contribution in [0.1, 0.15) is 37.7 Å². The number of rotatable bonds is 4. The first-order chi connectivity index (χ1) is 10.6. The number of nitrogens with one attached hydrogen (secondary N) is 2. The SMILES string of the molecule is Cc1cc(OCC(=O)NNC(=O)C2CCCCC2)ccc1Br. The normalized spacial score (nSPS) is 15.2. The van der Waals surface area contributed by atoms with E-state index in [-0.39, 0.29) is 24.3 Å². The molecular formula is C16H21BrN2O3. The van der Waals surface area contributed by atoms with Crippen molar-refractivity contribution in [1.82, 2.24) is 10.9 Å². The average Bonchev–Trinajstić information content (AvgIpc) is 2.54. The Morgan fingerprint density at radius 3 is 2.64 bits per heavy atom. The van der Waals surface area contributed by atoms with E-state index < -0.39 is 0 Å². The molecule has 1 aliphatic carbocycles. The van der Waals surface area contributed by atoms with Crippen LogP contribution in [-0.4, -0.2) is 18.4 Å². The van der Waals surface area contributed by atoms with Crippen molar-refractivity contribution in [2.24, 2.45) is 5.92 Å². The van der Waals surface area contributed by atoms with Crippen LogP contribution in [-0.2, 0) is 9.59 Å². The first-order valence-corrected chi connectivity index (χ1v) is 8.33. The van der Waals surface area contributed by atoms with Crippen molar-refractivity contribution in [3.8, 4) is 5.75 Å². The Morgan fingerprint density at radius 2 is 1.95 bits per heavy atom. The number of hydrogen-bond acceptors (Lipinski definition) is 3. The number of aryl methyl sites for hydroxylation is 1. The molecule has 5 nitrogen and oxygen atoms in total. The quantitative estimate of drug-likeness (QED) is 0.802. The minimum atomic E-state index is -0.371. The summed E-state index contributed by atoms with van der Waals surface area (Å²) in [5, 5.41) is 0. The molecule has 1 aliphatic rings. The lowest BCUT2D eigenvalue weighted by Gasteiger charge is -2.20. The predicted molar refractivity (Wildman–Crippen MR) is 87.2 cm³/mol. The van der Waals surface area contributed by atoms with Crippen LogP contribution in [0.15, 0.2) is 22.7 Å². The molecule has 1 fully saturated rings. The molecule has 0 heterocycles. The van der Waals surface area contributed by atoms with Crippen LogP contribution >= 0.6 is 15.9 Å². The fourth-order valence-corrected chi connectivity index (χ4v) is 2.74. The topological polar surface area (TPSA) is 67.4 Å². The first kappa shape index (κ1) is 16.8. The van der Waals surface area contributed by atoms with E-state index in [1.54, 1.807) is 6.07 Å². The van der Waals surface area contributed by atoms with Gasteiger partial charge in [-0.25, -0.2) is 0 Å². The van der Waals surface area contributed by atoms with Crippen LogP contribution in [0.5, 0.6) is 5.75 Å². The Balaban J connectivity index is 1.71. The second kappa shape index (κ2) is 8.17. The summed E-state index contributed by atoms with van der Waals surface area (Å²) >= 11 is 3.41. The van der Waals surface area contributed by atoms with Crippen LogP contribution in [0.2, 0.25) is 0 Å². The molecule has 0 radical (unpaired) electrons. The van der Waals surface area contributed by atoms with E-state index in [2.05, 4.69) is 26.8 Å². The van der Waals surface area contributed by atoms with Crippen LogP contribution in [0.25, 0.3) is 0 Å². The predicted octanol–water partition coefficient (Wildman–Crippen LogP) is 2.86. The van der Waals surface area contributed by atoms with E-state index in [0.29, 0.717) is 5.75 Å². The fourth-order valence-electron chi connectivity index (χ4n) is 2.49. The maximum Gasteiger partial charge on any atom is 0.276 e. The third kappa shape index (κ3) is 5.02. The van der Waals surface area contributed by atoms with Gasteiger partial charge in [0.05, 0.1) is 0 Å². The Morgan fingerprint density at radius 1 is 1.23 bits per heavy atom. The molecule has 22 heavy (non-hydrogen) atoms. The minimum absolute atomic E-state index is 0.0177. The van der Waals surface area contributed by atoms with Gasteiger partial charge in [0.15, 0.2) is 6.61 Å². The molecule has 0 spiro atoms. The minimum Gasteiger partial charge on any atom is -0.484 e. The van der Waals surface area contributed by atoms with Gasteiger partial charge in [0.25, 0.3) is 5.91 Å². The number of carbonyl (C=O) groups is 2. The number of ether oxygens (including phenoxy) is 1. The van der Waals surface area contributed by atoms with Crippen LogP contribution < -0.4 is 15.6 Å². The molecule has 1 saturated carbocycles. The third-order valence-corrected chi connectivity index (χ3v) is 4.69. The zero-order chi connectivity index (χ0) is 15.9. The van der Waals surface area contributed by atoms with E-state index in [9.17, 15) is 9.59 Å². The number of amides is 2. The van der Waals surface area contributed by atoms with E-state index >= 15 is 0 Å². The zero-order valence-electron chi connectivity index (χ0n) is 12.7. The van der Waals surface area contributed by atoms with Crippen molar-refractivity contribution in [1.29, 1.82) is 0 Å². The highest BCUT2D eigenvalue weighted by atomic mass is 79.9. The van der Waals surface area contributed by atoms with Gasteiger partial charge >= 0.3 is 0 Å². The zero-order valence-corrected chi connectivity index (χ0v) is 14.2. The summed E-state index contributed by atoms with van der Waals surface area (Å²) in [5.74, 6) is 0.163. The number of halogens is 1. The molecule has 0 saturated heterocycles. The molecule has 0 aromatic heterocycles. The molecular weight excluding hydrogens is 348 g/mol. The molecule has 0 unspecified atom stereocenters. The van der Waals surface area contributed by atoms with Gasteiger partial charge in [0.2, 0.25) is 5.91 Å². The Hall–Kier alpha value is -1.56. The summed E-state index contributed by atoms with van der Waals surface area (Å²) in [5.41, 5.74) is 5.92. The van der Waals surface area contributed by atoms with Gasteiger partial charge in [-0.2, -0.15) is 0 Å². The molecule has 1 aromatic rings. The first-order valence-electron chi connectivity index (χ1n) is 7.54. The maximum atomic E-state index is 11.9. The van der Waals surface area contributed by atoms with Crippen molar-refractivity contribution >= 4 is 27.7 Å². The van der Waals surface area contributed by atoms with E-state index in [4.69, 9.17) is 4.74 Å². The van der Waals surface area contributed by atoms with Gasteiger partial charge in [0, 0.05) is 10.4 Å². The molecule has 2 amide bonds. The van der Waals surface area contributed by atoms with Gasteiger partial charge < -0.3 is 4.74 Å². The standard InChI is InChI=1S/C16H21BrN2O3/c1-11-9-13(7-8-14(11)17)22-10-15(20)18-19-16(21)12-5-3-2-4-6-12/h7-9,12H,2-6,10H2,1H3,(H,18,20)(H,19,21). The lowest BCUT2D eigenvalue weighted by Crippen LogP contribution is -2.46. The van der Waals surface area contributed by atoms with Crippen LogP contribution in [0, 0.1) is 12.8 Å². The van der Waals surface area contributed by atoms with Gasteiger partial charge in [-0.3, -0.25) is 20.4 Å². The van der Waals surface area contributed by atoms with Crippen molar-refractivity contribution < 1.29 is 14.3 Å². The van der Waals surface area contributed by atoms with Crippen molar-refractivity contribution in [2.45, 2.75) is 39.0 Å². The average molecular weight is 369 g/mol. The smallest absolute Gasteiger partial charge is 0.276 e. The van der Waals surface area contributed by atoms with Gasteiger partial charge in [-0.1, -0.05) is 35.2 Å². The number of hydrazine groups is 1. The van der Waals surface area contributed by atoms with Crippen LogP contribution in [0.4, 0.5) is 0 Å². The van der Waals surface area contributed by atoms with Gasteiger partial charge in [-0.05, 0) is 43.5 Å². The highest BCUT2D eigenvalue weighted by Crippen LogP contribution is 2.23. The monoisotopic (exact) mass is 368 g/mol. The molecule has 1 aromatic carbocycles. The van der Waals surface area contributed by atoms with Gasteiger partial charge in [-0.15, -0.1) is 0 Å². The summed E-state index contributed by atoms with van der Waals surface area (Å²) in [7, 11) is 0. The molecule has 120 valence electrons. The molecule has 0 bridgehead atoms. The lowest BCUT2D eigenvalue weighted by atomic mass is 9.89. The van der Waals surface area contributed by atoms with Crippen molar-refractivity contribution in [3.63, 3.8) is 0 Å². The summed E-state index contributed by atoms with van der Waals surface area (Å²) in [6.07, 6.45) is 5.15. The number of benzene rings is 1. The molecule has 6 heteroatoms. The lowest BCUT2D eigenvalue weighted by molar-refractivity contribution is -0.132. The van der Waals surface area contributed by atoms with E-state index in [1.807, 2.05) is 19.1 Å². The second-order valence-corrected chi connectivity index (χ2v) is 6.43. The summed E-state index contributed by atoms with van der Waals surface area (Å²) in [4.78, 5) is 23.6. The Bertz CT molecular complexity index is 542. The third-order valence-electron chi connectivity index (χ3n) is 3.80. The fraction of sp³-hybridized carbons (Fsp3) is 0.500. The largest absolute Gasteiger partial charge is 0.484 e. The Kier molecular flexibility index (Phi) is 6.24. The van der Waals surface area contributed by atoms with Crippen LogP contribution in [0.3, 0.4) is 0 Å². The van der Waals surface area contributed by atoms with Gasteiger partial charge in [0.1, 0.15) is 5.75 Å². The highest BCUT2D eigenvalue weighted by Gasteiger charge is 2.21. The summed E-state index contributed by atoms with van der Waals surface area (Å²) < 4.78 is 6.39. The summed E-state index contributed by atoms with van der Waals surface area (Å²) in [6, 6.07) is 5.50. The molecule has 0 aliphatic heterocycles. The molecule has 0 atom stereocenters.